The summed E-state index contributed by atoms with van der Waals surface area (Å²) < 4.78 is 5.50. The monoisotopic (exact) mass is 179 g/mol. The molecule has 0 aromatic heterocycles. The maximum Gasteiger partial charge on any atom is 0.134 e. The zero-order chi connectivity index (χ0) is 9.10. The first kappa shape index (κ1) is 8.53. The lowest BCUT2D eigenvalue weighted by molar-refractivity contribution is -0.000421. The van der Waals surface area contributed by atoms with E-state index >= 15 is 0 Å². The highest BCUT2D eigenvalue weighted by atomic mass is 16.5. The second kappa shape index (κ2) is 3.77. The fourth-order valence-electron chi connectivity index (χ4n) is 1.47. The van der Waals surface area contributed by atoms with Crippen LogP contribution in [0.25, 0.3) is 0 Å². The Morgan fingerprint density at radius 1 is 1.46 bits per heavy atom. The Kier molecular flexibility index (Phi) is 2.47. The zero-order valence-corrected chi connectivity index (χ0v) is 7.36. The number of phenolic OH excluding ortho intramolecular Hbond substituents is 1. The van der Waals surface area contributed by atoms with E-state index in [-0.39, 0.29) is 12.0 Å². The molecule has 1 aromatic rings. The zero-order valence-electron chi connectivity index (χ0n) is 7.36. The molecule has 0 aliphatic carbocycles. The lowest BCUT2D eigenvalue weighted by Crippen LogP contribution is -2.30. The van der Waals surface area contributed by atoms with Crippen molar-refractivity contribution in [3.63, 3.8) is 0 Å². The number of rotatable bonds is 1. The van der Waals surface area contributed by atoms with Gasteiger partial charge in [-0.2, -0.15) is 0 Å². The topological polar surface area (TPSA) is 41.5 Å². The third kappa shape index (κ3) is 1.99. The van der Waals surface area contributed by atoms with Gasteiger partial charge in [0.05, 0.1) is 6.61 Å². The second-order valence-electron chi connectivity index (χ2n) is 3.15. The van der Waals surface area contributed by atoms with E-state index in [1.54, 1.807) is 12.1 Å². The van der Waals surface area contributed by atoms with Crippen LogP contribution in [0.1, 0.15) is 18.2 Å². The van der Waals surface area contributed by atoms with Crippen LogP contribution in [-0.2, 0) is 4.74 Å². The third-order valence-electron chi connectivity index (χ3n) is 2.11. The van der Waals surface area contributed by atoms with Gasteiger partial charge in [-0.25, -0.2) is 0 Å². The van der Waals surface area contributed by atoms with Crippen molar-refractivity contribution in [2.75, 3.05) is 13.2 Å². The highest BCUT2D eigenvalue weighted by Crippen LogP contribution is 2.20. The molecule has 1 aliphatic heterocycles. The van der Waals surface area contributed by atoms with Gasteiger partial charge in [0.2, 0.25) is 0 Å². The molecular formula is C10H13NO2. The number of ether oxygens (including phenoxy) is 1. The Labute approximate surface area is 77.3 Å². The van der Waals surface area contributed by atoms with E-state index in [9.17, 15) is 5.11 Å². The molecule has 1 unspecified atom stereocenters. The summed E-state index contributed by atoms with van der Waals surface area (Å²) in [7, 11) is 0. The first-order chi connectivity index (χ1) is 6.36. The Morgan fingerprint density at radius 3 is 3.08 bits per heavy atom. The Hall–Kier alpha value is -1.06. The lowest BCUT2D eigenvalue weighted by atomic mass is 10.1. The third-order valence-corrected chi connectivity index (χ3v) is 2.11. The molecule has 1 aromatic carbocycles. The summed E-state index contributed by atoms with van der Waals surface area (Å²) in [5, 5.41) is 12.5. The summed E-state index contributed by atoms with van der Waals surface area (Å²) in [6.07, 6.45) is 0.996. The molecule has 0 spiro atoms. The Balaban J connectivity index is 2.14. The van der Waals surface area contributed by atoms with Crippen molar-refractivity contribution in [1.29, 1.82) is 0 Å². The van der Waals surface area contributed by atoms with Crippen LogP contribution in [0.15, 0.2) is 24.3 Å². The first-order valence-electron chi connectivity index (χ1n) is 4.50. The standard InChI is InChI=1S/C10H13NO2/c12-9-4-1-3-8(7-9)10-11-5-2-6-13-10/h1,3-4,7,10-12H,2,5-6H2. The molecule has 1 aliphatic rings. The van der Waals surface area contributed by atoms with Gasteiger partial charge in [-0.3, -0.25) is 5.32 Å². The Morgan fingerprint density at radius 2 is 2.38 bits per heavy atom. The smallest absolute Gasteiger partial charge is 0.134 e. The summed E-state index contributed by atoms with van der Waals surface area (Å²) in [4.78, 5) is 0. The molecule has 0 bridgehead atoms. The van der Waals surface area contributed by atoms with Crippen molar-refractivity contribution in [1.82, 2.24) is 5.32 Å². The molecule has 1 fully saturated rings. The molecule has 3 nitrogen and oxygen atoms in total. The Bertz CT molecular complexity index is 282. The van der Waals surface area contributed by atoms with Gasteiger partial charge in [-0.1, -0.05) is 12.1 Å². The van der Waals surface area contributed by atoms with Crippen molar-refractivity contribution in [2.24, 2.45) is 0 Å². The largest absolute Gasteiger partial charge is 0.508 e. The van der Waals surface area contributed by atoms with Crippen LogP contribution >= 0.6 is 0 Å². The highest BCUT2D eigenvalue weighted by molar-refractivity contribution is 5.28. The minimum atomic E-state index is -0.0548. The predicted octanol–water partition coefficient (Wildman–Crippen LogP) is 1.40. The molecule has 1 saturated heterocycles. The molecule has 0 saturated carbocycles. The lowest BCUT2D eigenvalue weighted by Gasteiger charge is -2.24. The fraction of sp³-hybridized carbons (Fsp3) is 0.400. The van der Waals surface area contributed by atoms with E-state index in [0.717, 1.165) is 25.1 Å². The number of aromatic hydroxyl groups is 1. The number of hydrogen-bond acceptors (Lipinski definition) is 3. The van der Waals surface area contributed by atoms with Gasteiger partial charge < -0.3 is 9.84 Å². The predicted molar refractivity (Wildman–Crippen MR) is 49.4 cm³/mol. The molecular weight excluding hydrogens is 166 g/mol. The minimum Gasteiger partial charge on any atom is -0.508 e. The van der Waals surface area contributed by atoms with Crippen LogP contribution in [0.2, 0.25) is 0 Å². The van der Waals surface area contributed by atoms with E-state index in [1.807, 2.05) is 12.1 Å². The van der Waals surface area contributed by atoms with Gasteiger partial charge in [0, 0.05) is 6.54 Å². The van der Waals surface area contributed by atoms with Crippen molar-refractivity contribution in [3.8, 4) is 5.75 Å². The molecule has 1 heterocycles. The first-order valence-corrected chi connectivity index (χ1v) is 4.50. The van der Waals surface area contributed by atoms with Crippen molar-refractivity contribution in [2.45, 2.75) is 12.6 Å². The number of hydrogen-bond donors (Lipinski definition) is 2. The summed E-state index contributed by atoms with van der Waals surface area (Å²) in [6, 6.07) is 7.16. The van der Waals surface area contributed by atoms with Crippen LogP contribution in [0.3, 0.4) is 0 Å². The molecule has 0 radical (unpaired) electrons. The van der Waals surface area contributed by atoms with E-state index in [4.69, 9.17) is 4.74 Å². The van der Waals surface area contributed by atoms with Crippen LogP contribution in [0.4, 0.5) is 0 Å². The summed E-state index contributed by atoms with van der Waals surface area (Å²) in [5.41, 5.74) is 0.986. The van der Waals surface area contributed by atoms with Crippen molar-refractivity contribution in [3.05, 3.63) is 29.8 Å². The van der Waals surface area contributed by atoms with E-state index in [1.165, 1.54) is 0 Å². The maximum absolute atomic E-state index is 9.26. The van der Waals surface area contributed by atoms with E-state index in [0.29, 0.717) is 0 Å². The molecule has 0 amide bonds. The molecule has 13 heavy (non-hydrogen) atoms. The average molecular weight is 179 g/mol. The molecule has 2 rings (SSSR count). The molecule has 1 atom stereocenters. The average Bonchev–Trinajstić information content (AvgIpc) is 2.19. The molecule has 70 valence electrons. The van der Waals surface area contributed by atoms with Crippen molar-refractivity contribution < 1.29 is 9.84 Å². The van der Waals surface area contributed by atoms with Crippen LogP contribution in [0.5, 0.6) is 5.75 Å². The number of nitrogens with one attached hydrogen (secondary N) is 1. The van der Waals surface area contributed by atoms with Crippen molar-refractivity contribution >= 4 is 0 Å². The molecule has 3 heteroatoms. The van der Waals surface area contributed by atoms with Gasteiger partial charge in [0.25, 0.3) is 0 Å². The SMILES string of the molecule is Oc1cccc(C2NCCCO2)c1. The van der Waals surface area contributed by atoms with Gasteiger partial charge in [-0.05, 0) is 24.1 Å². The van der Waals surface area contributed by atoms with Gasteiger partial charge >= 0.3 is 0 Å². The van der Waals surface area contributed by atoms with E-state index in [2.05, 4.69) is 5.32 Å². The van der Waals surface area contributed by atoms with Gasteiger partial charge in [0.1, 0.15) is 12.0 Å². The normalized spacial score (nSPS) is 22.9. The van der Waals surface area contributed by atoms with Crippen LogP contribution in [0, 0.1) is 0 Å². The fourth-order valence-corrected chi connectivity index (χ4v) is 1.47. The van der Waals surface area contributed by atoms with Crippen LogP contribution < -0.4 is 5.32 Å². The highest BCUT2D eigenvalue weighted by Gasteiger charge is 2.14. The summed E-state index contributed by atoms with van der Waals surface area (Å²) >= 11 is 0. The second-order valence-corrected chi connectivity index (χ2v) is 3.15. The minimum absolute atomic E-state index is 0.0548. The van der Waals surface area contributed by atoms with Gasteiger partial charge in [0.15, 0.2) is 0 Å². The van der Waals surface area contributed by atoms with Crippen LogP contribution in [-0.4, -0.2) is 18.3 Å². The van der Waals surface area contributed by atoms with Gasteiger partial charge in [-0.15, -0.1) is 0 Å². The van der Waals surface area contributed by atoms with E-state index < -0.39 is 0 Å². The maximum atomic E-state index is 9.26. The summed E-state index contributed by atoms with van der Waals surface area (Å²) in [5.74, 6) is 0.286. The number of benzene rings is 1. The number of phenols is 1. The summed E-state index contributed by atoms with van der Waals surface area (Å²) in [6.45, 7) is 1.76. The quantitative estimate of drug-likeness (QED) is 0.684. The molecule has 2 N–H and O–H groups in total.